The minimum absolute atomic E-state index is 0.139. The molecule has 1 aromatic heterocycles. The summed E-state index contributed by atoms with van der Waals surface area (Å²) in [4.78, 5) is 23.4. The molecule has 7 heteroatoms. The second-order valence-corrected chi connectivity index (χ2v) is 5.89. The fourth-order valence-corrected chi connectivity index (χ4v) is 2.58. The van der Waals surface area contributed by atoms with Gasteiger partial charge in [-0.2, -0.15) is 0 Å². The van der Waals surface area contributed by atoms with Crippen LogP contribution in [-0.4, -0.2) is 23.7 Å². The lowest BCUT2D eigenvalue weighted by molar-refractivity contribution is -0.141. The van der Waals surface area contributed by atoms with E-state index in [0.717, 1.165) is 11.3 Å². The van der Waals surface area contributed by atoms with Gasteiger partial charge in [0.15, 0.2) is 0 Å². The monoisotopic (exact) mass is 304 g/mol. The number of carbonyl (C=O) groups is 2. The number of amides is 2. The number of carbonyl (C=O) groups excluding carboxylic acids is 1. The summed E-state index contributed by atoms with van der Waals surface area (Å²) in [6.07, 6.45) is 1.32. The molecule has 0 spiro atoms. The fourth-order valence-electron chi connectivity index (χ4n) is 1.55. The van der Waals surface area contributed by atoms with Crippen molar-refractivity contribution in [2.75, 3.05) is 6.54 Å². The van der Waals surface area contributed by atoms with Crippen LogP contribution in [0.5, 0.6) is 0 Å². The van der Waals surface area contributed by atoms with E-state index < -0.39 is 11.9 Å². The van der Waals surface area contributed by atoms with E-state index in [2.05, 4.69) is 10.6 Å². The minimum atomic E-state index is -0.882. The molecule has 1 atom stereocenters. The Balaban J connectivity index is 2.28. The van der Waals surface area contributed by atoms with Crippen molar-refractivity contribution in [2.24, 2.45) is 5.92 Å². The molecule has 1 heterocycles. The lowest BCUT2D eigenvalue weighted by atomic mass is 10.0. The van der Waals surface area contributed by atoms with E-state index in [0.29, 0.717) is 17.3 Å². The van der Waals surface area contributed by atoms with Gasteiger partial charge >= 0.3 is 12.0 Å². The maximum Gasteiger partial charge on any atom is 0.315 e. The van der Waals surface area contributed by atoms with Crippen molar-refractivity contribution >= 4 is 34.9 Å². The molecule has 0 aliphatic carbocycles. The Hall–Kier alpha value is -1.27. The van der Waals surface area contributed by atoms with E-state index in [1.165, 1.54) is 11.3 Å². The predicted octanol–water partition coefficient (Wildman–Crippen LogP) is 2.70. The van der Waals surface area contributed by atoms with Gasteiger partial charge in [-0.25, -0.2) is 4.79 Å². The van der Waals surface area contributed by atoms with Crippen LogP contribution in [0.25, 0.3) is 0 Å². The highest BCUT2D eigenvalue weighted by molar-refractivity contribution is 7.16. The second-order valence-electron chi connectivity index (χ2n) is 4.09. The summed E-state index contributed by atoms with van der Waals surface area (Å²) in [5.74, 6) is -1.42. The summed E-state index contributed by atoms with van der Waals surface area (Å²) >= 11 is 7.17. The molecule has 19 heavy (non-hydrogen) atoms. The number of rotatable bonds is 7. The van der Waals surface area contributed by atoms with Crippen molar-refractivity contribution in [3.8, 4) is 0 Å². The molecule has 0 saturated heterocycles. The van der Waals surface area contributed by atoms with Crippen LogP contribution in [0.4, 0.5) is 4.79 Å². The maximum absolute atomic E-state index is 11.5. The van der Waals surface area contributed by atoms with Crippen molar-refractivity contribution < 1.29 is 14.7 Å². The molecule has 0 fully saturated rings. The topological polar surface area (TPSA) is 78.4 Å². The third-order valence-electron chi connectivity index (χ3n) is 2.55. The highest BCUT2D eigenvalue weighted by Gasteiger charge is 2.16. The molecule has 5 nitrogen and oxygen atoms in total. The molecule has 0 bridgehead atoms. The van der Waals surface area contributed by atoms with Crippen molar-refractivity contribution in [3.05, 3.63) is 21.3 Å². The smallest absolute Gasteiger partial charge is 0.315 e. The normalized spacial score (nSPS) is 11.9. The van der Waals surface area contributed by atoms with Crippen molar-refractivity contribution in [1.82, 2.24) is 10.6 Å². The molecule has 0 aromatic carbocycles. The summed E-state index contributed by atoms with van der Waals surface area (Å²) in [6.45, 7) is 2.44. The number of nitrogens with one attached hydrogen (secondary N) is 2. The first-order chi connectivity index (χ1) is 9.02. The van der Waals surface area contributed by atoms with Crippen molar-refractivity contribution in [1.29, 1.82) is 0 Å². The SMILES string of the molecule is CCCC(CNC(=O)NCc1ccc(Cl)s1)C(=O)O. The molecule has 1 unspecified atom stereocenters. The highest BCUT2D eigenvalue weighted by Crippen LogP contribution is 2.20. The van der Waals surface area contributed by atoms with Crippen LogP contribution in [-0.2, 0) is 11.3 Å². The number of hydrogen-bond acceptors (Lipinski definition) is 3. The molecule has 1 aromatic rings. The number of hydrogen-bond donors (Lipinski definition) is 3. The van der Waals surface area contributed by atoms with E-state index in [-0.39, 0.29) is 12.6 Å². The Kier molecular flexibility index (Phi) is 6.66. The average molecular weight is 305 g/mol. The van der Waals surface area contributed by atoms with Crippen LogP contribution in [0.3, 0.4) is 0 Å². The van der Waals surface area contributed by atoms with E-state index in [1.807, 2.05) is 13.0 Å². The van der Waals surface area contributed by atoms with Crippen LogP contribution < -0.4 is 10.6 Å². The van der Waals surface area contributed by atoms with E-state index in [9.17, 15) is 9.59 Å². The zero-order valence-corrected chi connectivity index (χ0v) is 12.2. The predicted molar refractivity (Wildman–Crippen MR) is 75.6 cm³/mol. The molecule has 3 N–H and O–H groups in total. The summed E-state index contributed by atoms with van der Waals surface area (Å²) in [6, 6.07) is 3.24. The van der Waals surface area contributed by atoms with Crippen LogP contribution in [0, 0.1) is 5.92 Å². The minimum Gasteiger partial charge on any atom is -0.481 e. The molecule has 0 saturated carbocycles. The average Bonchev–Trinajstić information content (AvgIpc) is 2.77. The van der Waals surface area contributed by atoms with Gasteiger partial charge in [-0.1, -0.05) is 24.9 Å². The zero-order valence-electron chi connectivity index (χ0n) is 10.6. The second kappa shape index (κ2) is 8.01. The molecular formula is C12H17ClN2O3S. The Morgan fingerprint density at radius 2 is 2.16 bits per heavy atom. The number of aliphatic carboxylic acids is 1. The van der Waals surface area contributed by atoms with Crippen LogP contribution in [0.2, 0.25) is 4.34 Å². The first-order valence-electron chi connectivity index (χ1n) is 6.01. The third-order valence-corrected chi connectivity index (χ3v) is 3.78. The number of halogens is 1. The molecule has 0 aliphatic heterocycles. The third kappa shape index (κ3) is 5.94. The Labute approximate surface area is 121 Å². The Bertz CT molecular complexity index is 436. The van der Waals surface area contributed by atoms with E-state index in [4.69, 9.17) is 16.7 Å². The molecule has 0 radical (unpaired) electrons. The Morgan fingerprint density at radius 3 is 2.68 bits per heavy atom. The van der Waals surface area contributed by atoms with Gasteiger partial charge < -0.3 is 15.7 Å². The van der Waals surface area contributed by atoms with E-state index in [1.54, 1.807) is 6.07 Å². The van der Waals surface area contributed by atoms with Gasteiger partial charge in [0.1, 0.15) is 0 Å². The lowest BCUT2D eigenvalue weighted by Gasteiger charge is -2.12. The van der Waals surface area contributed by atoms with Gasteiger partial charge in [0.05, 0.1) is 16.8 Å². The largest absolute Gasteiger partial charge is 0.481 e. The van der Waals surface area contributed by atoms with Gasteiger partial charge in [0, 0.05) is 11.4 Å². The van der Waals surface area contributed by atoms with Crippen LogP contribution in [0.15, 0.2) is 12.1 Å². The quantitative estimate of drug-likeness (QED) is 0.724. The van der Waals surface area contributed by atoms with Gasteiger partial charge in [0.2, 0.25) is 0 Å². The maximum atomic E-state index is 11.5. The number of carboxylic acids is 1. The van der Waals surface area contributed by atoms with Gasteiger partial charge in [-0.05, 0) is 18.6 Å². The van der Waals surface area contributed by atoms with Crippen molar-refractivity contribution in [3.63, 3.8) is 0 Å². The summed E-state index contributed by atoms with van der Waals surface area (Å²) < 4.78 is 0.672. The number of urea groups is 1. The standard InChI is InChI=1S/C12H17ClN2O3S/c1-2-3-8(11(16)17)6-14-12(18)15-7-9-4-5-10(13)19-9/h4-5,8H,2-3,6-7H2,1H3,(H,16,17)(H2,14,15,18). The Morgan fingerprint density at radius 1 is 1.42 bits per heavy atom. The molecule has 0 aliphatic rings. The van der Waals surface area contributed by atoms with Crippen LogP contribution >= 0.6 is 22.9 Å². The van der Waals surface area contributed by atoms with Crippen molar-refractivity contribution in [2.45, 2.75) is 26.3 Å². The number of carboxylic acid groups (broad SMARTS) is 1. The zero-order chi connectivity index (χ0) is 14.3. The molecule has 1 rings (SSSR count). The molecule has 2 amide bonds. The van der Waals surface area contributed by atoms with E-state index >= 15 is 0 Å². The molecular weight excluding hydrogens is 288 g/mol. The van der Waals surface area contributed by atoms with Gasteiger partial charge in [-0.3, -0.25) is 4.79 Å². The summed E-state index contributed by atoms with van der Waals surface area (Å²) in [7, 11) is 0. The first-order valence-corrected chi connectivity index (χ1v) is 7.21. The van der Waals surface area contributed by atoms with Gasteiger partial charge in [-0.15, -0.1) is 11.3 Å². The summed E-state index contributed by atoms with van der Waals surface area (Å²) in [5, 5.41) is 14.2. The highest BCUT2D eigenvalue weighted by atomic mass is 35.5. The fraction of sp³-hybridized carbons (Fsp3) is 0.500. The van der Waals surface area contributed by atoms with Gasteiger partial charge in [0.25, 0.3) is 0 Å². The van der Waals surface area contributed by atoms with Crippen LogP contribution in [0.1, 0.15) is 24.6 Å². The first kappa shape index (κ1) is 15.8. The lowest BCUT2D eigenvalue weighted by Crippen LogP contribution is -2.39. The summed E-state index contributed by atoms with van der Waals surface area (Å²) in [5.41, 5.74) is 0. The number of thiophene rings is 1. The molecule has 106 valence electrons.